The molecule has 1 N–H and O–H groups in total. The lowest BCUT2D eigenvalue weighted by Gasteiger charge is -2.39. The van der Waals surface area contributed by atoms with Crippen molar-refractivity contribution in [1.29, 1.82) is 0 Å². The molecule has 42 heavy (non-hydrogen) atoms. The number of sulfonamides is 1. The fourth-order valence-electron chi connectivity index (χ4n) is 4.04. The van der Waals surface area contributed by atoms with Crippen LogP contribution in [0, 0.1) is 0 Å². The predicted octanol–water partition coefficient (Wildman–Crippen LogP) is 7.25. The summed E-state index contributed by atoms with van der Waals surface area (Å²) in [5, 5.41) is 12.1. The zero-order chi connectivity index (χ0) is 31.5. The second-order valence-electron chi connectivity index (χ2n) is 9.04. The quantitative estimate of drug-likeness (QED) is 0.117. The zero-order valence-electron chi connectivity index (χ0n) is 21.9. The van der Waals surface area contributed by atoms with Gasteiger partial charge in [-0.1, -0.05) is 38.0 Å². The number of hydrogen-bond acceptors (Lipinski definition) is 10. The summed E-state index contributed by atoms with van der Waals surface area (Å²) in [6, 6.07) is 2.59. The number of benzene rings is 1. The number of nitrogens with zero attached hydrogens (tertiary/aromatic N) is 5. The van der Waals surface area contributed by atoms with Crippen LogP contribution in [-0.4, -0.2) is 55.0 Å². The molecule has 0 aliphatic carbocycles. The molecule has 1 aromatic heterocycles. The molecule has 0 amide bonds. The number of alkyl halides is 8. The van der Waals surface area contributed by atoms with Gasteiger partial charge in [-0.25, -0.2) is 4.79 Å². The molecule has 1 aliphatic heterocycles. The Hall–Kier alpha value is -3.16. The Morgan fingerprint density at radius 3 is 2.38 bits per heavy atom. The maximum Gasteiger partial charge on any atom is 0.516 e. The molecule has 1 aromatic carbocycles. The number of aromatic nitrogens is 2. The van der Waals surface area contributed by atoms with Gasteiger partial charge in [-0.15, -0.1) is 20.4 Å². The average Bonchev–Trinajstić information content (AvgIpc) is 3.35. The van der Waals surface area contributed by atoms with Crippen molar-refractivity contribution in [3.05, 3.63) is 22.7 Å². The van der Waals surface area contributed by atoms with Crippen molar-refractivity contribution in [3.8, 4) is 0 Å². The van der Waals surface area contributed by atoms with E-state index < -0.39 is 49.6 Å². The number of hydrogen-bond donors (Lipinski definition) is 1. The van der Waals surface area contributed by atoms with Gasteiger partial charge in [-0.2, -0.15) is 43.5 Å². The average molecular weight is 653 g/mol. The molecule has 0 fully saturated rings. The summed E-state index contributed by atoms with van der Waals surface area (Å²) in [6.07, 6.45) is -7.49. The number of carbonyl (C=O) groups is 1. The van der Waals surface area contributed by atoms with Crippen LogP contribution in [0.25, 0.3) is 0 Å². The summed E-state index contributed by atoms with van der Waals surface area (Å²) in [7, 11) is -5.90. The number of rotatable bonds is 11. The number of aryl methyl sites for hydroxylation is 1. The van der Waals surface area contributed by atoms with Crippen molar-refractivity contribution in [1.82, 2.24) is 10.2 Å². The van der Waals surface area contributed by atoms with Crippen molar-refractivity contribution in [3.63, 3.8) is 0 Å². The van der Waals surface area contributed by atoms with E-state index >= 15 is 0 Å². The van der Waals surface area contributed by atoms with E-state index in [2.05, 4.69) is 25.2 Å². The maximum atomic E-state index is 13.2. The molecular formula is C22H24F8N6O4S2. The third kappa shape index (κ3) is 7.61. The monoisotopic (exact) mass is 652 g/mol. The van der Waals surface area contributed by atoms with Gasteiger partial charge in [-0.3, -0.25) is 4.72 Å². The Bertz CT molecular complexity index is 1410. The van der Waals surface area contributed by atoms with Gasteiger partial charge < -0.3 is 9.64 Å². The van der Waals surface area contributed by atoms with E-state index in [1.54, 1.807) is 0 Å². The first-order valence-electron chi connectivity index (χ1n) is 12.4. The molecule has 0 saturated heterocycles. The van der Waals surface area contributed by atoms with Crippen LogP contribution in [0.5, 0.6) is 0 Å². The van der Waals surface area contributed by atoms with Gasteiger partial charge in [0.1, 0.15) is 5.69 Å². The van der Waals surface area contributed by atoms with Gasteiger partial charge in [-0.05, 0) is 43.4 Å². The highest BCUT2D eigenvalue weighted by Gasteiger charge is 2.62. The molecule has 3 rings (SSSR count). The normalized spacial score (nSPS) is 16.5. The molecular weight excluding hydrogens is 628 g/mol. The fourth-order valence-corrected chi connectivity index (χ4v) is 5.15. The highest BCUT2D eigenvalue weighted by molar-refractivity contribution is 7.93. The number of halogens is 8. The SMILES string of the molecule is CCCCCN1c2cc(NS(=O)(=O)C(F)(F)F)c(N=Nc3nnc(C(=O)OC(F)(F)C(F)(F)F)s3)cc2CCC1CC. The van der Waals surface area contributed by atoms with E-state index in [1.165, 1.54) is 16.9 Å². The number of esters is 1. The molecule has 2 aromatic rings. The lowest BCUT2D eigenvalue weighted by Crippen LogP contribution is -2.40. The summed E-state index contributed by atoms with van der Waals surface area (Å²) >= 11 is 0.0937. The molecule has 0 spiro atoms. The Morgan fingerprint density at radius 2 is 1.79 bits per heavy atom. The Labute approximate surface area is 238 Å². The summed E-state index contributed by atoms with van der Waals surface area (Å²) in [5.74, 6) is -2.17. The topological polar surface area (TPSA) is 126 Å². The van der Waals surface area contributed by atoms with E-state index in [9.17, 15) is 48.3 Å². The second kappa shape index (κ2) is 12.6. The summed E-state index contributed by atoms with van der Waals surface area (Å²) in [4.78, 5) is 13.7. The Kier molecular flexibility index (Phi) is 10.0. The molecule has 1 aliphatic rings. The van der Waals surface area contributed by atoms with Gasteiger partial charge in [0.15, 0.2) is 0 Å². The molecule has 10 nitrogen and oxygen atoms in total. The maximum absolute atomic E-state index is 13.2. The number of nitrogens with one attached hydrogen (secondary N) is 1. The summed E-state index contributed by atoms with van der Waals surface area (Å²) < 4.78 is 131. The first kappa shape index (κ1) is 33.3. The molecule has 1 atom stereocenters. The minimum Gasteiger partial charge on any atom is -0.388 e. The molecule has 0 radical (unpaired) electrons. The number of ether oxygens (including phenoxy) is 1. The van der Waals surface area contributed by atoms with Crippen molar-refractivity contribution < 1.29 is 53.1 Å². The van der Waals surface area contributed by atoms with Gasteiger partial charge in [0.2, 0.25) is 5.01 Å². The molecule has 0 saturated carbocycles. The van der Waals surface area contributed by atoms with Crippen molar-refractivity contribution in [2.75, 3.05) is 16.2 Å². The first-order valence-corrected chi connectivity index (χ1v) is 14.7. The third-order valence-corrected chi connectivity index (χ3v) is 7.99. The minimum atomic E-state index is -6.19. The lowest BCUT2D eigenvalue weighted by molar-refractivity contribution is -0.370. The second-order valence-corrected chi connectivity index (χ2v) is 11.7. The number of unbranched alkanes of at least 4 members (excludes halogenated alkanes) is 2. The van der Waals surface area contributed by atoms with E-state index in [-0.39, 0.29) is 23.1 Å². The molecule has 20 heteroatoms. The Morgan fingerprint density at radius 1 is 1.10 bits per heavy atom. The number of azo groups is 1. The van der Waals surface area contributed by atoms with Crippen LogP contribution in [0.2, 0.25) is 0 Å². The standard InChI is InChI=1S/C22H24F8N6O4S2/c1-3-5-6-9-36-13(4-2)8-7-12-10-14(15(11-16(12)36)35-42(38,39)22(28,29)30)31-33-19-34-32-17(41-19)18(37)40-21(26,27)20(23,24)25/h10-11,13,35H,3-9H2,1-2H3. The van der Waals surface area contributed by atoms with Crippen LogP contribution >= 0.6 is 11.3 Å². The van der Waals surface area contributed by atoms with Crippen LogP contribution in [0.3, 0.4) is 0 Å². The van der Waals surface area contributed by atoms with Gasteiger partial charge in [0, 0.05) is 18.3 Å². The van der Waals surface area contributed by atoms with Gasteiger partial charge in [0.05, 0.1) is 5.69 Å². The van der Waals surface area contributed by atoms with E-state index in [1.807, 2.05) is 18.7 Å². The number of anilines is 2. The minimum absolute atomic E-state index is 0.0539. The van der Waals surface area contributed by atoms with E-state index in [0.29, 0.717) is 30.6 Å². The van der Waals surface area contributed by atoms with Gasteiger partial charge >= 0.3 is 33.8 Å². The van der Waals surface area contributed by atoms with Crippen LogP contribution in [0.1, 0.15) is 61.3 Å². The van der Waals surface area contributed by atoms with E-state index in [0.717, 1.165) is 25.7 Å². The van der Waals surface area contributed by atoms with Crippen molar-refractivity contribution >= 4 is 49.5 Å². The Balaban J connectivity index is 1.99. The predicted molar refractivity (Wildman–Crippen MR) is 135 cm³/mol. The molecule has 234 valence electrons. The number of fused-ring (bicyclic) bond motifs is 1. The van der Waals surface area contributed by atoms with Crippen LogP contribution in [0.4, 0.5) is 57.3 Å². The highest BCUT2D eigenvalue weighted by atomic mass is 32.2. The molecule has 0 bridgehead atoms. The van der Waals surface area contributed by atoms with Crippen LogP contribution in [-0.2, 0) is 21.2 Å². The fraction of sp³-hybridized carbons (Fsp3) is 0.591. The van der Waals surface area contributed by atoms with Gasteiger partial charge in [0.25, 0.3) is 5.13 Å². The highest BCUT2D eigenvalue weighted by Crippen LogP contribution is 2.42. The largest absolute Gasteiger partial charge is 0.516 e. The molecule has 1 unspecified atom stereocenters. The number of carbonyl (C=O) groups excluding carboxylic acids is 1. The van der Waals surface area contributed by atoms with Crippen molar-refractivity contribution in [2.45, 2.75) is 76.2 Å². The van der Waals surface area contributed by atoms with Crippen molar-refractivity contribution in [2.24, 2.45) is 10.2 Å². The third-order valence-electron chi connectivity index (χ3n) is 6.10. The molecule has 2 heterocycles. The summed E-state index contributed by atoms with van der Waals surface area (Å²) in [6.45, 7) is 4.53. The van der Waals surface area contributed by atoms with E-state index in [4.69, 9.17) is 0 Å². The van der Waals surface area contributed by atoms with Crippen LogP contribution in [0.15, 0.2) is 22.4 Å². The zero-order valence-corrected chi connectivity index (χ0v) is 23.5. The smallest absolute Gasteiger partial charge is 0.388 e. The lowest BCUT2D eigenvalue weighted by atomic mass is 9.93. The van der Waals surface area contributed by atoms with Crippen LogP contribution < -0.4 is 9.62 Å². The summed E-state index contributed by atoms with van der Waals surface area (Å²) in [5.41, 5.74) is -5.49. The first-order chi connectivity index (χ1) is 19.4.